The minimum absolute atomic E-state index is 0.00126. The molecule has 8 nitrogen and oxygen atoms in total. The normalized spacial score (nSPS) is 17.7. The predicted molar refractivity (Wildman–Crippen MR) is 176 cm³/mol. The van der Waals surface area contributed by atoms with Gasteiger partial charge in [-0.15, -0.1) is 0 Å². The third-order valence-corrected chi connectivity index (χ3v) is 9.01. The Hall–Kier alpha value is -3.68. The fraction of sp³-hybridized carbons (Fsp3) is 0.556. The molecule has 1 aromatic heterocycles. The van der Waals surface area contributed by atoms with Gasteiger partial charge in [0.15, 0.2) is 0 Å². The van der Waals surface area contributed by atoms with Gasteiger partial charge in [0.1, 0.15) is 11.6 Å². The van der Waals surface area contributed by atoms with E-state index in [0.717, 1.165) is 86.3 Å². The summed E-state index contributed by atoms with van der Waals surface area (Å²) in [4.78, 5) is 29.7. The monoisotopic (exact) mass is 602 g/mol. The Morgan fingerprint density at radius 1 is 1.02 bits per heavy atom. The number of amides is 1. The molecule has 4 rings (SSSR count). The smallest absolute Gasteiger partial charge is 0.269 e. The van der Waals surface area contributed by atoms with Gasteiger partial charge >= 0.3 is 0 Å². The number of nitrogens with one attached hydrogen (secondary N) is 1. The van der Waals surface area contributed by atoms with E-state index in [2.05, 4.69) is 56.6 Å². The van der Waals surface area contributed by atoms with E-state index in [0.29, 0.717) is 18.9 Å². The second-order valence-electron chi connectivity index (χ2n) is 13.4. The van der Waals surface area contributed by atoms with Crippen LogP contribution in [-0.4, -0.2) is 27.0 Å². The highest BCUT2D eigenvalue weighted by Crippen LogP contribution is 2.40. The highest BCUT2D eigenvalue weighted by atomic mass is 16.6. The van der Waals surface area contributed by atoms with Crippen LogP contribution in [-0.2, 0) is 17.8 Å². The average molecular weight is 603 g/mol. The van der Waals surface area contributed by atoms with Crippen LogP contribution in [0, 0.1) is 27.4 Å². The Morgan fingerprint density at radius 3 is 2.27 bits per heavy atom. The molecule has 1 unspecified atom stereocenters. The molecule has 0 bridgehead atoms. The summed E-state index contributed by atoms with van der Waals surface area (Å²) < 4.78 is 8.03. The quantitative estimate of drug-likeness (QED) is 0.113. The van der Waals surface area contributed by atoms with E-state index in [-0.39, 0.29) is 29.0 Å². The molecule has 238 valence electrons. The van der Waals surface area contributed by atoms with Gasteiger partial charge in [0.25, 0.3) is 5.69 Å². The maximum atomic E-state index is 13.8. The molecule has 8 heteroatoms. The van der Waals surface area contributed by atoms with Crippen molar-refractivity contribution in [1.29, 1.82) is 0 Å². The number of carbonyl (C=O) groups excluding carboxylic acids is 1. The Bertz CT molecular complexity index is 1350. The summed E-state index contributed by atoms with van der Waals surface area (Å²) in [6.07, 6.45) is 10.7. The molecule has 2 aromatic carbocycles. The lowest BCUT2D eigenvalue weighted by Gasteiger charge is -2.36. The minimum Gasteiger partial charge on any atom is -0.494 e. The van der Waals surface area contributed by atoms with Gasteiger partial charge in [-0.1, -0.05) is 59.6 Å². The molecule has 1 N–H and O–H groups in total. The largest absolute Gasteiger partial charge is 0.494 e. The average Bonchev–Trinajstić information content (AvgIpc) is 3.44. The van der Waals surface area contributed by atoms with Crippen molar-refractivity contribution in [2.75, 3.05) is 6.61 Å². The molecule has 1 amide bonds. The SMILES string of the molecule is CCCCOc1ccc(CC(NC(=O)C2CCC(C(C)(C)C)CC2)c2nc(-c3ccc([N+](=O)[O-])cc3)cn2CCCC)cc1. The minimum atomic E-state index is -0.393. The molecule has 0 spiro atoms. The molecule has 1 atom stereocenters. The van der Waals surface area contributed by atoms with Crippen molar-refractivity contribution in [1.82, 2.24) is 14.9 Å². The summed E-state index contributed by atoms with van der Waals surface area (Å²) in [5.41, 5.74) is 2.96. The number of non-ortho nitro benzene ring substituents is 1. The number of rotatable bonds is 14. The number of nitro benzene ring substituents is 1. The second kappa shape index (κ2) is 15.4. The third-order valence-electron chi connectivity index (χ3n) is 9.01. The highest BCUT2D eigenvalue weighted by molar-refractivity contribution is 5.79. The zero-order valence-corrected chi connectivity index (χ0v) is 27.2. The second-order valence-corrected chi connectivity index (χ2v) is 13.4. The van der Waals surface area contributed by atoms with Crippen LogP contribution in [0.4, 0.5) is 5.69 Å². The maximum Gasteiger partial charge on any atom is 0.269 e. The van der Waals surface area contributed by atoms with Crippen LogP contribution in [0.5, 0.6) is 5.75 Å². The Labute approximate surface area is 262 Å². The number of benzene rings is 2. The lowest BCUT2D eigenvalue weighted by molar-refractivity contribution is -0.384. The maximum absolute atomic E-state index is 13.8. The number of nitro groups is 1. The standard InChI is InChI=1S/C36H50N4O4/c1-6-8-22-39-25-33(27-14-18-30(19-15-27)40(42)43)37-34(39)32(24-26-10-20-31(21-11-26)44-23-9-7-2)38-35(41)28-12-16-29(17-13-28)36(3,4)5/h10-11,14-15,18-21,25,28-29,32H,6-9,12-13,16-17,22-24H2,1-5H3,(H,38,41). The van der Waals surface area contributed by atoms with Crippen LogP contribution in [0.15, 0.2) is 54.7 Å². The first-order valence-electron chi connectivity index (χ1n) is 16.4. The van der Waals surface area contributed by atoms with Crippen molar-refractivity contribution >= 4 is 11.6 Å². The Balaban J connectivity index is 1.62. The van der Waals surface area contributed by atoms with E-state index >= 15 is 0 Å². The van der Waals surface area contributed by atoms with Gasteiger partial charge in [0.2, 0.25) is 5.91 Å². The number of imidazole rings is 1. The number of hydrogen-bond acceptors (Lipinski definition) is 5. The first kappa shape index (κ1) is 33.2. The summed E-state index contributed by atoms with van der Waals surface area (Å²) >= 11 is 0. The molecule has 0 saturated heterocycles. The van der Waals surface area contributed by atoms with Crippen molar-refractivity contribution in [2.24, 2.45) is 17.3 Å². The van der Waals surface area contributed by atoms with Crippen LogP contribution in [0.3, 0.4) is 0 Å². The topological polar surface area (TPSA) is 99.3 Å². The van der Waals surface area contributed by atoms with Crippen molar-refractivity contribution in [2.45, 2.75) is 105 Å². The van der Waals surface area contributed by atoms with Crippen molar-refractivity contribution in [3.63, 3.8) is 0 Å². The number of aryl methyl sites for hydroxylation is 1. The molecule has 0 radical (unpaired) electrons. The molecule has 44 heavy (non-hydrogen) atoms. The Morgan fingerprint density at radius 2 is 1.68 bits per heavy atom. The lowest BCUT2D eigenvalue weighted by Crippen LogP contribution is -2.38. The van der Waals surface area contributed by atoms with Gasteiger partial charge in [0.05, 0.1) is 23.3 Å². The first-order chi connectivity index (χ1) is 21.1. The van der Waals surface area contributed by atoms with Gasteiger partial charge in [-0.05, 0) is 86.1 Å². The van der Waals surface area contributed by atoms with Gasteiger partial charge in [-0.2, -0.15) is 0 Å². The molecule has 1 aliphatic carbocycles. The first-order valence-corrected chi connectivity index (χ1v) is 16.4. The molecule has 1 aliphatic rings. The van der Waals surface area contributed by atoms with Crippen LogP contribution in [0.2, 0.25) is 0 Å². The van der Waals surface area contributed by atoms with Crippen LogP contribution < -0.4 is 10.1 Å². The molecule has 1 saturated carbocycles. The summed E-state index contributed by atoms with van der Waals surface area (Å²) in [7, 11) is 0. The van der Waals surface area contributed by atoms with Crippen molar-refractivity contribution in [3.05, 3.63) is 76.2 Å². The van der Waals surface area contributed by atoms with Crippen LogP contribution >= 0.6 is 0 Å². The summed E-state index contributed by atoms with van der Waals surface area (Å²) in [6, 6.07) is 14.3. The van der Waals surface area contributed by atoms with E-state index in [9.17, 15) is 14.9 Å². The van der Waals surface area contributed by atoms with Crippen LogP contribution in [0.1, 0.15) is 103 Å². The molecule has 1 fully saturated rings. The van der Waals surface area contributed by atoms with Gasteiger partial charge in [0, 0.05) is 36.4 Å². The highest BCUT2D eigenvalue weighted by Gasteiger charge is 2.33. The fourth-order valence-electron chi connectivity index (χ4n) is 6.12. The number of ether oxygens (including phenoxy) is 1. The number of aromatic nitrogens is 2. The number of carbonyl (C=O) groups is 1. The van der Waals surface area contributed by atoms with Crippen LogP contribution in [0.25, 0.3) is 11.3 Å². The zero-order chi connectivity index (χ0) is 31.7. The number of unbranched alkanes of at least 4 members (excludes halogenated alkanes) is 2. The van der Waals surface area contributed by atoms with Gasteiger partial charge < -0.3 is 14.6 Å². The fourth-order valence-corrected chi connectivity index (χ4v) is 6.12. The zero-order valence-electron chi connectivity index (χ0n) is 27.2. The molecular weight excluding hydrogens is 552 g/mol. The predicted octanol–water partition coefficient (Wildman–Crippen LogP) is 8.69. The van der Waals surface area contributed by atoms with Gasteiger partial charge in [-0.25, -0.2) is 4.98 Å². The number of nitrogens with zero attached hydrogens (tertiary/aromatic N) is 3. The molecule has 0 aliphatic heterocycles. The van der Waals surface area contributed by atoms with Gasteiger partial charge in [-0.3, -0.25) is 14.9 Å². The van der Waals surface area contributed by atoms with Crippen molar-refractivity contribution in [3.8, 4) is 17.0 Å². The summed E-state index contributed by atoms with van der Waals surface area (Å²) in [5.74, 6) is 2.40. The van der Waals surface area contributed by atoms with E-state index in [1.54, 1.807) is 12.1 Å². The molecule has 3 aromatic rings. The summed E-state index contributed by atoms with van der Waals surface area (Å²) in [5, 5.41) is 14.6. The molecular formula is C36H50N4O4. The number of hydrogen-bond donors (Lipinski definition) is 1. The van der Waals surface area contributed by atoms with E-state index in [1.165, 1.54) is 12.1 Å². The third kappa shape index (κ3) is 8.93. The summed E-state index contributed by atoms with van der Waals surface area (Å²) in [6.45, 7) is 12.7. The van der Waals surface area contributed by atoms with E-state index < -0.39 is 4.92 Å². The van der Waals surface area contributed by atoms with Crippen molar-refractivity contribution < 1.29 is 14.5 Å². The van der Waals surface area contributed by atoms with E-state index in [1.807, 2.05) is 18.3 Å². The van der Waals surface area contributed by atoms with E-state index in [4.69, 9.17) is 9.72 Å². The molecule has 1 heterocycles. The Kier molecular flexibility index (Phi) is 11.6. The lowest BCUT2D eigenvalue weighted by atomic mass is 9.69.